The third-order valence-corrected chi connectivity index (χ3v) is 2.60. The molecular weight excluding hydrogens is 208 g/mol. The molecule has 0 aliphatic carbocycles. The zero-order valence-electron chi connectivity index (χ0n) is 9.04. The fraction of sp³-hybridized carbons (Fsp3) is 0.417. The van der Waals surface area contributed by atoms with Gasteiger partial charge in [0.15, 0.2) is 0 Å². The van der Waals surface area contributed by atoms with Crippen molar-refractivity contribution in [3.8, 4) is 0 Å². The lowest BCUT2D eigenvalue weighted by Crippen LogP contribution is -2.04. The van der Waals surface area contributed by atoms with Crippen LogP contribution in [-0.2, 0) is 0 Å². The van der Waals surface area contributed by atoms with Crippen LogP contribution in [0.25, 0.3) is 0 Å². The van der Waals surface area contributed by atoms with Crippen molar-refractivity contribution in [1.29, 1.82) is 0 Å². The third-order valence-electron chi connectivity index (χ3n) is 2.35. The van der Waals surface area contributed by atoms with Crippen LogP contribution in [0.4, 0.5) is 0 Å². The van der Waals surface area contributed by atoms with E-state index in [-0.39, 0.29) is 0 Å². The number of hydrogen-bond acceptors (Lipinski definition) is 2. The SMILES string of the molecule is CCCCC/C(=N\N)c1ccc(Cl)cc1. The number of rotatable bonds is 5. The predicted molar refractivity (Wildman–Crippen MR) is 66.3 cm³/mol. The second kappa shape index (κ2) is 6.46. The van der Waals surface area contributed by atoms with E-state index >= 15 is 0 Å². The summed E-state index contributed by atoms with van der Waals surface area (Å²) in [5, 5.41) is 4.57. The van der Waals surface area contributed by atoms with E-state index in [0.29, 0.717) is 0 Å². The first-order valence-corrected chi connectivity index (χ1v) is 5.68. The molecule has 0 aliphatic heterocycles. The minimum atomic E-state index is 0.740. The van der Waals surface area contributed by atoms with Crippen molar-refractivity contribution < 1.29 is 0 Å². The molecule has 1 aromatic rings. The number of hydrazone groups is 1. The number of nitrogens with zero attached hydrogens (tertiary/aromatic N) is 1. The highest BCUT2D eigenvalue weighted by atomic mass is 35.5. The first-order chi connectivity index (χ1) is 7.27. The first kappa shape index (κ1) is 12.1. The second-order valence-electron chi connectivity index (χ2n) is 3.54. The van der Waals surface area contributed by atoms with Gasteiger partial charge in [-0.3, -0.25) is 0 Å². The summed E-state index contributed by atoms with van der Waals surface area (Å²) < 4.78 is 0. The van der Waals surface area contributed by atoms with E-state index in [4.69, 9.17) is 17.4 Å². The monoisotopic (exact) mass is 224 g/mol. The number of nitrogens with two attached hydrogens (primary N) is 1. The van der Waals surface area contributed by atoms with Crippen LogP contribution in [-0.4, -0.2) is 5.71 Å². The average Bonchev–Trinajstić information content (AvgIpc) is 2.26. The molecule has 3 heteroatoms. The summed E-state index contributed by atoms with van der Waals surface area (Å²) in [6.07, 6.45) is 4.49. The van der Waals surface area contributed by atoms with Crippen LogP contribution < -0.4 is 5.84 Å². The maximum absolute atomic E-state index is 5.82. The molecule has 0 saturated heterocycles. The van der Waals surface area contributed by atoms with E-state index in [1.807, 2.05) is 24.3 Å². The summed E-state index contributed by atoms with van der Waals surface area (Å²) in [5.41, 5.74) is 2.03. The Labute approximate surface area is 96.1 Å². The van der Waals surface area contributed by atoms with Gasteiger partial charge in [-0.1, -0.05) is 43.5 Å². The molecule has 0 amide bonds. The van der Waals surface area contributed by atoms with E-state index in [9.17, 15) is 0 Å². The lowest BCUT2D eigenvalue weighted by Gasteiger charge is -2.04. The van der Waals surface area contributed by atoms with Gasteiger partial charge < -0.3 is 5.84 Å². The fourth-order valence-electron chi connectivity index (χ4n) is 1.47. The molecule has 1 rings (SSSR count). The maximum atomic E-state index is 5.82. The van der Waals surface area contributed by atoms with E-state index < -0.39 is 0 Å². The van der Waals surface area contributed by atoms with E-state index in [0.717, 1.165) is 29.1 Å². The standard InChI is InChI=1S/C12H17ClN2/c1-2-3-4-5-12(15-14)10-6-8-11(13)9-7-10/h6-9H,2-5,14H2,1H3/b15-12+. The van der Waals surface area contributed by atoms with E-state index in [2.05, 4.69) is 12.0 Å². The molecule has 2 N–H and O–H groups in total. The molecule has 2 nitrogen and oxygen atoms in total. The molecule has 0 unspecified atom stereocenters. The van der Waals surface area contributed by atoms with Crippen molar-refractivity contribution in [3.63, 3.8) is 0 Å². The van der Waals surface area contributed by atoms with Crippen LogP contribution >= 0.6 is 11.6 Å². The summed E-state index contributed by atoms with van der Waals surface area (Å²) in [6.45, 7) is 2.18. The molecule has 0 fully saturated rings. The third kappa shape index (κ3) is 3.92. The highest BCUT2D eigenvalue weighted by molar-refractivity contribution is 6.30. The Morgan fingerprint density at radius 1 is 1.27 bits per heavy atom. The van der Waals surface area contributed by atoms with Gasteiger partial charge in [-0.15, -0.1) is 0 Å². The van der Waals surface area contributed by atoms with Gasteiger partial charge in [0.05, 0.1) is 5.71 Å². The van der Waals surface area contributed by atoms with Crippen LogP contribution in [0.3, 0.4) is 0 Å². The van der Waals surface area contributed by atoms with Gasteiger partial charge in [0.2, 0.25) is 0 Å². The minimum absolute atomic E-state index is 0.740. The number of hydrogen-bond donors (Lipinski definition) is 1. The average molecular weight is 225 g/mol. The zero-order chi connectivity index (χ0) is 11.1. The van der Waals surface area contributed by atoms with Gasteiger partial charge in [0, 0.05) is 5.02 Å². The summed E-state index contributed by atoms with van der Waals surface area (Å²) in [5.74, 6) is 5.38. The van der Waals surface area contributed by atoms with E-state index in [1.165, 1.54) is 12.8 Å². The number of unbranched alkanes of at least 4 members (excludes halogenated alkanes) is 2. The van der Waals surface area contributed by atoms with Crippen molar-refractivity contribution >= 4 is 17.3 Å². The molecule has 0 atom stereocenters. The lowest BCUT2D eigenvalue weighted by molar-refractivity contribution is 0.741. The normalized spacial score (nSPS) is 11.7. The molecule has 0 saturated carbocycles. The van der Waals surface area contributed by atoms with Gasteiger partial charge in [-0.05, 0) is 30.5 Å². The lowest BCUT2D eigenvalue weighted by atomic mass is 10.0. The Morgan fingerprint density at radius 3 is 2.47 bits per heavy atom. The highest BCUT2D eigenvalue weighted by Crippen LogP contribution is 2.13. The topological polar surface area (TPSA) is 38.4 Å². The van der Waals surface area contributed by atoms with Gasteiger partial charge in [-0.25, -0.2) is 0 Å². The molecule has 82 valence electrons. The zero-order valence-corrected chi connectivity index (χ0v) is 9.80. The molecule has 0 aromatic heterocycles. The molecule has 15 heavy (non-hydrogen) atoms. The Bertz CT molecular complexity index is 317. The Hall–Kier alpha value is -1.02. The van der Waals surface area contributed by atoms with Crippen LogP contribution in [0.5, 0.6) is 0 Å². The molecular formula is C12H17ClN2. The van der Waals surface area contributed by atoms with Crippen LogP contribution in [0.2, 0.25) is 5.02 Å². The molecule has 1 aromatic carbocycles. The van der Waals surface area contributed by atoms with Gasteiger partial charge in [0.1, 0.15) is 0 Å². The van der Waals surface area contributed by atoms with Gasteiger partial charge >= 0.3 is 0 Å². The maximum Gasteiger partial charge on any atom is 0.0672 e. The van der Waals surface area contributed by atoms with Crippen LogP contribution in [0.15, 0.2) is 29.4 Å². The Balaban J connectivity index is 2.63. The Kier molecular flexibility index (Phi) is 5.19. The summed E-state index contributed by atoms with van der Waals surface area (Å²) >= 11 is 5.82. The van der Waals surface area contributed by atoms with Crippen molar-refractivity contribution in [2.24, 2.45) is 10.9 Å². The molecule has 0 aliphatic rings. The largest absolute Gasteiger partial charge is 0.323 e. The van der Waals surface area contributed by atoms with Gasteiger partial charge in [-0.2, -0.15) is 5.10 Å². The molecule has 0 radical (unpaired) electrons. The van der Waals surface area contributed by atoms with Crippen molar-refractivity contribution in [1.82, 2.24) is 0 Å². The van der Waals surface area contributed by atoms with E-state index in [1.54, 1.807) is 0 Å². The van der Waals surface area contributed by atoms with Crippen molar-refractivity contribution in [2.45, 2.75) is 32.6 Å². The number of halogens is 1. The Morgan fingerprint density at radius 2 is 1.93 bits per heavy atom. The summed E-state index contributed by atoms with van der Waals surface area (Å²) in [6, 6.07) is 7.64. The number of benzene rings is 1. The first-order valence-electron chi connectivity index (χ1n) is 5.30. The van der Waals surface area contributed by atoms with Gasteiger partial charge in [0.25, 0.3) is 0 Å². The molecule has 0 bridgehead atoms. The predicted octanol–water partition coefficient (Wildman–Crippen LogP) is 3.58. The fourth-order valence-corrected chi connectivity index (χ4v) is 1.59. The van der Waals surface area contributed by atoms with Crippen molar-refractivity contribution in [3.05, 3.63) is 34.9 Å². The highest BCUT2D eigenvalue weighted by Gasteiger charge is 2.02. The van der Waals surface area contributed by atoms with Crippen LogP contribution in [0.1, 0.15) is 38.2 Å². The minimum Gasteiger partial charge on any atom is -0.323 e. The smallest absolute Gasteiger partial charge is 0.0672 e. The second-order valence-corrected chi connectivity index (χ2v) is 3.98. The van der Waals surface area contributed by atoms with Crippen molar-refractivity contribution in [2.75, 3.05) is 0 Å². The quantitative estimate of drug-likeness (QED) is 0.353. The summed E-state index contributed by atoms with van der Waals surface area (Å²) in [4.78, 5) is 0. The summed E-state index contributed by atoms with van der Waals surface area (Å²) in [7, 11) is 0. The molecule has 0 heterocycles. The molecule has 0 spiro atoms. The van der Waals surface area contributed by atoms with Crippen LogP contribution in [0, 0.1) is 0 Å².